The van der Waals surface area contributed by atoms with Crippen molar-refractivity contribution in [3.8, 4) is 34.5 Å². The molecular formula is C46H45N9O7S. The van der Waals surface area contributed by atoms with Crippen LogP contribution in [0.25, 0.3) is 21.8 Å². The smallest absolute Gasteiger partial charge is 0.223 e. The number of phenolic OH excluding ortho intramolecular Hbond substituents is 2. The molecule has 4 aromatic carbocycles. The monoisotopic (exact) mass is 867 g/mol. The standard InChI is InChI=1S/C24H24N4O3.C22H21N5O4S/c1-16-5-6-18(12-21(16)29)28-24-19-13-22(30-2)23(14-20(19)26-15-27-24)31-11-3-4-17-7-9-25-10-8-17;1-12-4-5-14(6-18(12)29)26-21-16-7-19(30-3)20(8-17(16)23-11-24-21)31-9-15-10-32-22(27-15)25-13(2)28/h5-10,12-15,29H,3-4,11H2,1-2H3,(H,26,27,28);4-8,10-11,29H,9H2,1-3H3,(H,23,24,26)(H,25,27,28). The van der Waals surface area contributed by atoms with Crippen LogP contribution in [-0.2, 0) is 17.8 Å². The first-order chi connectivity index (χ1) is 30.6. The quantitative estimate of drug-likeness (QED) is 0.0609. The van der Waals surface area contributed by atoms with Crippen molar-refractivity contribution in [3.05, 3.63) is 126 Å². The maximum Gasteiger partial charge on any atom is 0.223 e. The number of hydrogen-bond donors (Lipinski definition) is 5. The summed E-state index contributed by atoms with van der Waals surface area (Å²) < 4.78 is 23.0. The van der Waals surface area contributed by atoms with E-state index in [2.05, 4.69) is 45.9 Å². The number of carbonyl (C=O) groups excluding carboxylic acids is 1. The minimum absolute atomic E-state index is 0.173. The van der Waals surface area contributed by atoms with Gasteiger partial charge in [-0.15, -0.1) is 11.3 Å². The molecule has 322 valence electrons. The third kappa shape index (κ3) is 11.1. The second kappa shape index (κ2) is 20.2. The first-order valence-electron chi connectivity index (χ1n) is 19.7. The van der Waals surface area contributed by atoms with Crippen molar-refractivity contribution >= 4 is 67.2 Å². The molecule has 0 aliphatic rings. The van der Waals surface area contributed by atoms with Gasteiger partial charge in [0, 0.05) is 71.1 Å². The SMILES string of the molecule is COc1cc2c(Nc3ccc(C)c(O)c3)ncnc2cc1OCCCc1ccncc1.COc1cc2c(Nc3ccc(C)c(O)c3)ncnc2cc1OCc1csc(NC(C)=O)n1. The molecule has 4 aromatic heterocycles. The summed E-state index contributed by atoms with van der Waals surface area (Å²) in [4.78, 5) is 37.0. The molecule has 17 heteroatoms. The molecule has 0 spiro atoms. The van der Waals surface area contributed by atoms with Gasteiger partial charge in [-0.3, -0.25) is 9.78 Å². The van der Waals surface area contributed by atoms with E-state index < -0.39 is 0 Å². The Morgan fingerprint density at radius 2 is 1.25 bits per heavy atom. The molecule has 0 bridgehead atoms. The molecule has 63 heavy (non-hydrogen) atoms. The number of ether oxygens (including phenoxy) is 4. The third-order valence-corrected chi connectivity index (χ3v) is 10.4. The van der Waals surface area contributed by atoms with E-state index in [9.17, 15) is 15.0 Å². The number of aromatic nitrogens is 6. The van der Waals surface area contributed by atoms with Crippen molar-refractivity contribution in [2.75, 3.05) is 36.8 Å². The van der Waals surface area contributed by atoms with E-state index in [4.69, 9.17) is 18.9 Å². The molecule has 0 saturated carbocycles. The fourth-order valence-electron chi connectivity index (χ4n) is 6.26. The number of carbonyl (C=O) groups is 1. The van der Waals surface area contributed by atoms with Crippen LogP contribution in [-0.4, -0.2) is 66.9 Å². The average molecular weight is 868 g/mol. The van der Waals surface area contributed by atoms with E-state index in [1.165, 1.54) is 36.5 Å². The van der Waals surface area contributed by atoms with Crippen LogP contribution in [0, 0.1) is 13.8 Å². The fourth-order valence-corrected chi connectivity index (χ4v) is 7.00. The number of fused-ring (bicyclic) bond motifs is 2. The van der Waals surface area contributed by atoms with Crippen molar-refractivity contribution in [2.24, 2.45) is 0 Å². The molecule has 8 rings (SSSR count). The lowest BCUT2D eigenvalue weighted by Gasteiger charge is -2.14. The molecule has 0 atom stereocenters. The van der Waals surface area contributed by atoms with Crippen LogP contribution in [0.1, 0.15) is 35.7 Å². The van der Waals surface area contributed by atoms with Gasteiger partial charge in [-0.1, -0.05) is 12.1 Å². The Balaban J connectivity index is 0.000000189. The molecule has 1 amide bonds. The van der Waals surface area contributed by atoms with Crippen molar-refractivity contribution < 1.29 is 34.0 Å². The number of methoxy groups -OCH3 is 2. The van der Waals surface area contributed by atoms with Gasteiger partial charge in [0.05, 0.1) is 37.6 Å². The molecule has 0 aliphatic carbocycles. The Morgan fingerprint density at radius 1 is 0.698 bits per heavy atom. The zero-order valence-electron chi connectivity index (χ0n) is 35.2. The summed E-state index contributed by atoms with van der Waals surface area (Å²) >= 11 is 1.33. The summed E-state index contributed by atoms with van der Waals surface area (Å²) in [6, 6.07) is 22.0. The predicted octanol–water partition coefficient (Wildman–Crippen LogP) is 9.19. The van der Waals surface area contributed by atoms with Gasteiger partial charge >= 0.3 is 0 Å². The topological polar surface area (TPSA) is 208 Å². The summed E-state index contributed by atoms with van der Waals surface area (Å²) in [7, 11) is 3.17. The van der Waals surface area contributed by atoms with Crippen LogP contribution in [0.4, 0.5) is 28.1 Å². The second-order valence-corrected chi connectivity index (χ2v) is 15.0. The van der Waals surface area contributed by atoms with E-state index >= 15 is 0 Å². The summed E-state index contributed by atoms with van der Waals surface area (Å²) in [5.74, 6) is 3.72. The number of aryl methyl sites for hydroxylation is 3. The number of phenols is 2. The first kappa shape index (κ1) is 43.3. The lowest BCUT2D eigenvalue weighted by atomic mass is 10.1. The summed E-state index contributed by atoms with van der Waals surface area (Å²) in [6.07, 6.45) is 8.34. The number of nitrogens with one attached hydrogen (secondary N) is 3. The number of amides is 1. The van der Waals surface area contributed by atoms with Crippen molar-refractivity contribution in [1.29, 1.82) is 0 Å². The minimum atomic E-state index is -0.173. The fraction of sp³-hybridized carbons (Fsp3) is 0.196. The molecular weight excluding hydrogens is 823 g/mol. The Kier molecular flexibility index (Phi) is 13.9. The number of nitrogens with zero attached hydrogens (tertiary/aromatic N) is 6. The number of hydrogen-bond acceptors (Lipinski definition) is 16. The third-order valence-electron chi connectivity index (χ3n) is 9.61. The van der Waals surface area contributed by atoms with E-state index in [1.807, 2.05) is 67.8 Å². The second-order valence-electron chi connectivity index (χ2n) is 14.2. The van der Waals surface area contributed by atoms with Gasteiger partial charge in [-0.05, 0) is 79.8 Å². The number of pyridine rings is 1. The number of anilines is 5. The van der Waals surface area contributed by atoms with Crippen molar-refractivity contribution in [2.45, 2.75) is 40.2 Å². The van der Waals surface area contributed by atoms with Crippen LogP contribution in [0.5, 0.6) is 34.5 Å². The van der Waals surface area contributed by atoms with Gasteiger partial charge in [0.15, 0.2) is 28.1 Å². The Labute approximate surface area is 367 Å². The molecule has 8 aromatic rings. The van der Waals surface area contributed by atoms with Gasteiger partial charge in [-0.2, -0.15) is 0 Å². The summed E-state index contributed by atoms with van der Waals surface area (Å²) in [6.45, 7) is 5.88. The lowest BCUT2D eigenvalue weighted by molar-refractivity contribution is -0.114. The number of benzene rings is 4. The van der Waals surface area contributed by atoms with Crippen LogP contribution < -0.4 is 34.9 Å². The van der Waals surface area contributed by atoms with Crippen molar-refractivity contribution in [3.63, 3.8) is 0 Å². The highest BCUT2D eigenvalue weighted by molar-refractivity contribution is 7.13. The molecule has 0 saturated heterocycles. The van der Waals surface area contributed by atoms with Crippen molar-refractivity contribution in [1.82, 2.24) is 29.9 Å². The maximum absolute atomic E-state index is 11.2. The molecule has 0 aliphatic heterocycles. The van der Waals surface area contributed by atoms with E-state index in [0.717, 1.165) is 45.9 Å². The minimum Gasteiger partial charge on any atom is -0.508 e. The largest absolute Gasteiger partial charge is 0.508 e. The van der Waals surface area contributed by atoms with Crippen LogP contribution in [0.3, 0.4) is 0 Å². The molecule has 0 unspecified atom stereocenters. The van der Waals surface area contributed by atoms with Crippen LogP contribution in [0.2, 0.25) is 0 Å². The number of rotatable bonds is 15. The van der Waals surface area contributed by atoms with Crippen LogP contribution >= 0.6 is 11.3 Å². The van der Waals surface area contributed by atoms with E-state index in [1.54, 1.807) is 50.9 Å². The van der Waals surface area contributed by atoms with E-state index in [0.29, 0.717) is 63.3 Å². The molecule has 0 fully saturated rings. The zero-order valence-corrected chi connectivity index (χ0v) is 36.0. The van der Waals surface area contributed by atoms with Gasteiger partial charge < -0.3 is 45.1 Å². The first-order valence-corrected chi connectivity index (χ1v) is 20.6. The maximum atomic E-state index is 11.2. The van der Waals surface area contributed by atoms with Gasteiger partial charge in [-0.25, -0.2) is 24.9 Å². The highest BCUT2D eigenvalue weighted by Crippen LogP contribution is 2.37. The van der Waals surface area contributed by atoms with Gasteiger partial charge in [0.25, 0.3) is 0 Å². The Morgan fingerprint density at radius 3 is 1.78 bits per heavy atom. The molecule has 16 nitrogen and oxygen atoms in total. The van der Waals surface area contributed by atoms with Gasteiger partial charge in [0.2, 0.25) is 5.91 Å². The van der Waals surface area contributed by atoms with E-state index in [-0.39, 0.29) is 24.0 Å². The molecule has 0 radical (unpaired) electrons. The van der Waals surface area contributed by atoms with Gasteiger partial charge in [0.1, 0.15) is 42.4 Å². The molecule has 4 heterocycles. The zero-order chi connectivity index (χ0) is 44.3. The van der Waals surface area contributed by atoms with Crippen LogP contribution in [0.15, 0.2) is 103 Å². The number of aromatic hydroxyl groups is 2. The average Bonchev–Trinajstić information content (AvgIpc) is 3.73. The molecule has 5 N–H and O–H groups in total. The summed E-state index contributed by atoms with van der Waals surface area (Å²) in [5, 5.41) is 32.9. The highest BCUT2D eigenvalue weighted by Gasteiger charge is 2.15. The Bertz CT molecular complexity index is 2860. The summed E-state index contributed by atoms with van der Waals surface area (Å²) in [5.41, 5.74) is 6.34. The predicted molar refractivity (Wildman–Crippen MR) is 243 cm³/mol. The lowest BCUT2D eigenvalue weighted by Crippen LogP contribution is -2.05. The normalized spacial score (nSPS) is 10.7. The number of thiazole rings is 1. The Hall–Kier alpha value is -7.79. The highest BCUT2D eigenvalue weighted by atomic mass is 32.1.